The molecule has 0 spiro atoms. The van der Waals surface area contributed by atoms with E-state index in [9.17, 15) is 18.4 Å². The molecule has 0 aliphatic carbocycles. The molecule has 0 saturated carbocycles. The predicted molar refractivity (Wildman–Crippen MR) is 110 cm³/mol. The molecule has 1 aliphatic rings. The zero-order chi connectivity index (χ0) is 22.1. The van der Waals surface area contributed by atoms with Gasteiger partial charge in [0.05, 0.1) is 18.0 Å². The molecule has 1 fully saturated rings. The average Bonchev–Trinajstić information content (AvgIpc) is 3.27. The number of likely N-dealkylation sites (tertiary alicyclic amines) is 1. The zero-order valence-electron chi connectivity index (χ0n) is 17.5. The molecule has 1 aliphatic heterocycles. The average molecular weight is 430 g/mol. The van der Waals surface area contributed by atoms with Crippen molar-refractivity contribution in [2.45, 2.75) is 33.2 Å². The van der Waals surface area contributed by atoms with E-state index in [0.29, 0.717) is 60.7 Å². The van der Waals surface area contributed by atoms with Gasteiger partial charge in [0.2, 0.25) is 0 Å². The molecule has 0 atom stereocenters. The summed E-state index contributed by atoms with van der Waals surface area (Å²) in [5, 5.41) is 0. The van der Waals surface area contributed by atoms with Crippen LogP contribution in [-0.4, -0.2) is 41.0 Å². The molecule has 8 heteroatoms. The van der Waals surface area contributed by atoms with Crippen molar-refractivity contribution < 1.29 is 27.5 Å². The van der Waals surface area contributed by atoms with Crippen molar-refractivity contribution in [3.63, 3.8) is 0 Å². The highest BCUT2D eigenvalue weighted by Crippen LogP contribution is 2.28. The number of halogens is 2. The number of nitrogens with zero attached hydrogens (tertiary/aromatic N) is 2. The van der Waals surface area contributed by atoms with E-state index in [4.69, 9.17) is 9.15 Å². The highest BCUT2D eigenvalue weighted by Gasteiger charge is 2.30. The van der Waals surface area contributed by atoms with Crippen molar-refractivity contribution in [2.24, 2.45) is 5.92 Å². The van der Waals surface area contributed by atoms with Crippen LogP contribution < -0.4 is 0 Å². The van der Waals surface area contributed by atoms with E-state index in [2.05, 4.69) is 0 Å². The molecule has 31 heavy (non-hydrogen) atoms. The molecule has 3 heterocycles. The summed E-state index contributed by atoms with van der Waals surface area (Å²) in [5.41, 5.74) is 2.22. The normalized spacial score (nSPS) is 14.9. The Labute approximate surface area is 178 Å². The van der Waals surface area contributed by atoms with Crippen molar-refractivity contribution in [3.8, 4) is 0 Å². The number of fused-ring (bicyclic) bond motifs is 1. The summed E-state index contributed by atoms with van der Waals surface area (Å²) in [6.45, 7) is 5.00. The van der Waals surface area contributed by atoms with Gasteiger partial charge in [0.25, 0.3) is 5.91 Å². The number of hydrogen-bond donors (Lipinski definition) is 0. The van der Waals surface area contributed by atoms with Gasteiger partial charge >= 0.3 is 5.97 Å². The minimum absolute atomic E-state index is 0.186. The molecule has 0 N–H and O–H groups in total. The molecule has 1 amide bonds. The van der Waals surface area contributed by atoms with E-state index in [0.717, 1.165) is 12.1 Å². The summed E-state index contributed by atoms with van der Waals surface area (Å²) < 4.78 is 39.6. The standard InChI is InChI=1S/C23H24F2N2O4/c1-3-30-23(29)16-6-8-26(9-7-16)22(28)20-12-21-19(10-14(2)31-21)27(20)13-15-4-5-17(24)18(25)11-15/h4-5,10-12,16H,3,6-9,13H2,1-2H3. The fraction of sp³-hybridized carbons (Fsp3) is 0.391. The molecule has 0 radical (unpaired) electrons. The van der Waals surface area contributed by atoms with Crippen LogP contribution in [0.15, 0.2) is 34.7 Å². The molecule has 1 saturated heterocycles. The van der Waals surface area contributed by atoms with Gasteiger partial charge in [-0.1, -0.05) is 6.07 Å². The minimum Gasteiger partial charge on any atom is -0.466 e. The SMILES string of the molecule is CCOC(=O)C1CCN(C(=O)c2cc3oc(C)cc3n2Cc2ccc(F)c(F)c2)CC1. The van der Waals surface area contributed by atoms with Gasteiger partial charge in [-0.15, -0.1) is 0 Å². The fourth-order valence-corrected chi connectivity index (χ4v) is 4.07. The molecule has 164 valence electrons. The third-order valence-corrected chi connectivity index (χ3v) is 5.66. The van der Waals surface area contributed by atoms with Crippen molar-refractivity contribution in [1.82, 2.24) is 9.47 Å². The Balaban J connectivity index is 1.59. The molecular formula is C23H24F2N2O4. The van der Waals surface area contributed by atoms with E-state index in [1.807, 2.05) is 13.0 Å². The second-order valence-electron chi connectivity index (χ2n) is 7.79. The van der Waals surface area contributed by atoms with Crippen molar-refractivity contribution in [2.75, 3.05) is 19.7 Å². The number of esters is 1. The molecule has 1 aromatic carbocycles. The number of amides is 1. The van der Waals surface area contributed by atoms with Gasteiger partial charge in [0.1, 0.15) is 11.5 Å². The quantitative estimate of drug-likeness (QED) is 0.567. The lowest BCUT2D eigenvalue weighted by Gasteiger charge is -2.31. The maximum atomic E-state index is 13.7. The summed E-state index contributed by atoms with van der Waals surface area (Å²) in [6.07, 6.45) is 1.09. The number of furan rings is 1. The molecule has 0 bridgehead atoms. The smallest absolute Gasteiger partial charge is 0.309 e. The van der Waals surface area contributed by atoms with Crippen LogP contribution in [0.2, 0.25) is 0 Å². The fourth-order valence-electron chi connectivity index (χ4n) is 4.07. The third-order valence-electron chi connectivity index (χ3n) is 5.66. The lowest BCUT2D eigenvalue weighted by atomic mass is 9.97. The summed E-state index contributed by atoms with van der Waals surface area (Å²) in [7, 11) is 0. The number of carbonyl (C=O) groups is 2. The predicted octanol–water partition coefficient (Wildman–Crippen LogP) is 4.28. The van der Waals surface area contributed by atoms with Gasteiger partial charge < -0.3 is 18.6 Å². The number of aromatic nitrogens is 1. The van der Waals surface area contributed by atoms with Crippen LogP contribution in [0.4, 0.5) is 8.78 Å². The Morgan fingerprint density at radius 3 is 2.55 bits per heavy atom. The van der Waals surface area contributed by atoms with E-state index in [1.165, 1.54) is 6.07 Å². The Morgan fingerprint density at radius 2 is 1.87 bits per heavy atom. The molecule has 3 aromatic rings. The lowest BCUT2D eigenvalue weighted by molar-refractivity contribution is -0.149. The number of aryl methyl sites for hydroxylation is 1. The Hall–Kier alpha value is -3.16. The Bertz CT molecular complexity index is 1130. The largest absolute Gasteiger partial charge is 0.466 e. The Kier molecular flexibility index (Phi) is 5.80. The van der Waals surface area contributed by atoms with E-state index in [-0.39, 0.29) is 24.3 Å². The van der Waals surface area contributed by atoms with Crippen LogP contribution in [0.5, 0.6) is 0 Å². The van der Waals surface area contributed by atoms with Crippen LogP contribution in [0.25, 0.3) is 11.1 Å². The molecule has 0 unspecified atom stereocenters. The topological polar surface area (TPSA) is 64.7 Å². The van der Waals surface area contributed by atoms with Crippen LogP contribution in [0.3, 0.4) is 0 Å². The maximum absolute atomic E-state index is 13.7. The third kappa shape index (κ3) is 4.19. The van der Waals surface area contributed by atoms with Crippen LogP contribution in [0.1, 0.15) is 41.6 Å². The first-order chi connectivity index (χ1) is 14.9. The van der Waals surface area contributed by atoms with Crippen LogP contribution >= 0.6 is 0 Å². The Morgan fingerprint density at radius 1 is 1.13 bits per heavy atom. The van der Waals surface area contributed by atoms with Gasteiger partial charge in [-0.3, -0.25) is 9.59 Å². The number of piperidine rings is 1. The van der Waals surface area contributed by atoms with Crippen molar-refractivity contribution in [1.29, 1.82) is 0 Å². The van der Waals surface area contributed by atoms with Crippen LogP contribution in [0, 0.1) is 24.5 Å². The minimum atomic E-state index is -0.932. The van der Waals surface area contributed by atoms with Gasteiger partial charge in [-0.25, -0.2) is 8.78 Å². The first-order valence-electron chi connectivity index (χ1n) is 10.4. The lowest BCUT2D eigenvalue weighted by Crippen LogP contribution is -2.41. The van der Waals surface area contributed by atoms with Gasteiger partial charge in [0.15, 0.2) is 17.2 Å². The highest BCUT2D eigenvalue weighted by molar-refractivity contribution is 5.98. The molecular weight excluding hydrogens is 406 g/mol. The van der Waals surface area contributed by atoms with E-state index in [1.54, 1.807) is 22.5 Å². The summed E-state index contributed by atoms with van der Waals surface area (Å²) in [5.74, 6) is -1.76. The van der Waals surface area contributed by atoms with Crippen molar-refractivity contribution >= 4 is 23.0 Å². The number of ether oxygens (including phenoxy) is 1. The number of carbonyl (C=O) groups excluding carboxylic acids is 2. The molecule has 2 aromatic heterocycles. The highest BCUT2D eigenvalue weighted by atomic mass is 19.2. The van der Waals surface area contributed by atoms with E-state index < -0.39 is 11.6 Å². The molecule has 4 rings (SSSR count). The first kappa shape index (κ1) is 21.1. The van der Waals surface area contributed by atoms with E-state index >= 15 is 0 Å². The monoisotopic (exact) mass is 430 g/mol. The number of rotatable bonds is 5. The van der Waals surface area contributed by atoms with Crippen LogP contribution in [-0.2, 0) is 16.1 Å². The summed E-state index contributed by atoms with van der Waals surface area (Å²) in [4.78, 5) is 27.0. The van der Waals surface area contributed by atoms with Gasteiger partial charge in [-0.2, -0.15) is 0 Å². The first-order valence-corrected chi connectivity index (χ1v) is 10.4. The number of hydrogen-bond acceptors (Lipinski definition) is 4. The van der Waals surface area contributed by atoms with Gasteiger partial charge in [-0.05, 0) is 44.4 Å². The molecule has 6 nitrogen and oxygen atoms in total. The second-order valence-corrected chi connectivity index (χ2v) is 7.79. The van der Waals surface area contributed by atoms with Crippen molar-refractivity contribution in [3.05, 3.63) is 59.0 Å². The maximum Gasteiger partial charge on any atom is 0.309 e. The summed E-state index contributed by atoms with van der Waals surface area (Å²) in [6, 6.07) is 7.21. The van der Waals surface area contributed by atoms with Gasteiger partial charge in [0, 0.05) is 31.8 Å². The zero-order valence-corrected chi connectivity index (χ0v) is 17.5. The number of benzene rings is 1. The summed E-state index contributed by atoms with van der Waals surface area (Å²) >= 11 is 0. The second kappa shape index (κ2) is 8.53.